The highest BCUT2D eigenvalue weighted by Gasteiger charge is 2.36. The molecule has 7 N–H and O–H groups in total. The molecule has 20 heavy (non-hydrogen) atoms. The topological polar surface area (TPSA) is 143 Å². The summed E-state index contributed by atoms with van der Waals surface area (Å²) in [5.41, 5.74) is 12.9. The zero-order valence-electron chi connectivity index (χ0n) is 10.5. The summed E-state index contributed by atoms with van der Waals surface area (Å²) in [7, 11) is 0. The van der Waals surface area contributed by atoms with E-state index in [4.69, 9.17) is 16.6 Å². The monoisotopic (exact) mass is 277 g/mol. The maximum Gasteiger partial charge on any atom is 0.154 e. The molecular weight excluding hydrogens is 262 g/mol. The van der Waals surface area contributed by atoms with Crippen LogP contribution in [-0.2, 0) is 0 Å². The number of aliphatic hydroxyl groups is 3. The largest absolute Gasteiger partial charge is 0.392 e. The van der Waals surface area contributed by atoms with Crippen LogP contribution in [0.2, 0.25) is 0 Å². The van der Waals surface area contributed by atoms with E-state index >= 15 is 0 Å². The fourth-order valence-corrected chi connectivity index (χ4v) is 2.53. The Labute approximate surface area is 114 Å². The molecule has 0 radical (unpaired) electrons. The molecule has 2 aromatic rings. The van der Waals surface area contributed by atoms with Crippen molar-refractivity contribution in [2.45, 2.75) is 18.2 Å². The lowest BCUT2D eigenvalue weighted by atomic mass is 10.1. The molecule has 8 nitrogen and oxygen atoms in total. The maximum absolute atomic E-state index is 10.1. The van der Waals surface area contributed by atoms with Gasteiger partial charge in [0.2, 0.25) is 0 Å². The highest BCUT2D eigenvalue weighted by atomic mass is 16.3. The number of hydrogen-bond donors (Lipinski definition) is 5. The molecular formula is C12H15N5O3. The van der Waals surface area contributed by atoms with Gasteiger partial charge < -0.3 is 31.4 Å². The van der Waals surface area contributed by atoms with Crippen LogP contribution in [0.25, 0.3) is 11.0 Å². The Morgan fingerprint density at radius 2 is 2.05 bits per heavy atom. The van der Waals surface area contributed by atoms with Gasteiger partial charge >= 0.3 is 0 Å². The number of nitrogens with zero attached hydrogens (tertiary/aromatic N) is 3. The number of imidazole rings is 1. The zero-order valence-corrected chi connectivity index (χ0v) is 10.5. The van der Waals surface area contributed by atoms with E-state index in [-0.39, 0.29) is 18.2 Å². The number of aliphatic hydroxyl groups excluding tert-OH is 3. The third-order valence-corrected chi connectivity index (χ3v) is 3.55. The van der Waals surface area contributed by atoms with Gasteiger partial charge in [0.05, 0.1) is 24.5 Å². The second kappa shape index (κ2) is 4.44. The summed E-state index contributed by atoms with van der Waals surface area (Å²) in [5, 5.41) is 29.1. The molecule has 0 aromatic carbocycles. The van der Waals surface area contributed by atoms with E-state index in [0.29, 0.717) is 16.6 Å². The van der Waals surface area contributed by atoms with Crippen LogP contribution in [0.3, 0.4) is 0 Å². The number of rotatable bonds is 2. The summed E-state index contributed by atoms with van der Waals surface area (Å²) in [6.45, 7) is -0.312. The van der Waals surface area contributed by atoms with Gasteiger partial charge in [-0.1, -0.05) is 6.08 Å². The maximum atomic E-state index is 10.1. The summed E-state index contributed by atoms with van der Waals surface area (Å²) in [4.78, 5) is 8.07. The second-order valence-corrected chi connectivity index (χ2v) is 4.78. The minimum atomic E-state index is -1.10. The molecule has 3 unspecified atom stereocenters. The van der Waals surface area contributed by atoms with Gasteiger partial charge in [-0.2, -0.15) is 0 Å². The first-order valence-electron chi connectivity index (χ1n) is 6.09. The van der Waals surface area contributed by atoms with Crippen LogP contribution >= 0.6 is 0 Å². The number of fused-ring (bicyclic) bond motifs is 1. The molecule has 0 bridgehead atoms. The van der Waals surface area contributed by atoms with Crippen LogP contribution in [0, 0.1) is 0 Å². The molecule has 0 saturated carbocycles. The number of aromatic nitrogens is 3. The Hall–Kier alpha value is -2.16. The first-order valence-corrected chi connectivity index (χ1v) is 6.09. The van der Waals surface area contributed by atoms with Gasteiger partial charge in [-0.3, -0.25) is 0 Å². The van der Waals surface area contributed by atoms with Crippen molar-refractivity contribution in [3.05, 3.63) is 24.0 Å². The van der Waals surface area contributed by atoms with Crippen LogP contribution in [0.5, 0.6) is 0 Å². The lowest BCUT2D eigenvalue weighted by Crippen LogP contribution is -2.29. The predicted octanol–water partition coefficient (Wildman–Crippen LogP) is -1.21. The molecule has 1 aliphatic carbocycles. The number of nitrogens with two attached hydrogens (primary N) is 2. The lowest BCUT2D eigenvalue weighted by Gasteiger charge is -2.19. The van der Waals surface area contributed by atoms with Crippen molar-refractivity contribution < 1.29 is 15.3 Å². The van der Waals surface area contributed by atoms with Crippen molar-refractivity contribution in [2.75, 3.05) is 18.1 Å². The molecule has 3 rings (SSSR count). The van der Waals surface area contributed by atoms with Gasteiger partial charge in [-0.05, 0) is 5.57 Å². The molecule has 8 heteroatoms. The van der Waals surface area contributed by atoms with E-state index in [0.717, 1.165) is 0 Å². The Morgan fingerprint density at radius 3 is 2.70 bits per heavy atom. The molecule has 0 saturated heterocycles. The predicted molar refractivity (Wildman–Crippen MR) is 72.6 cm³/mol. The minimum absolute atomic E-state index is 0.207. The van der Waals surface area contributed by atoms with Crippen molar-refractivity contribution in [2.24, 2.45) is 0 Å². The summed E-state index contributed by atoms with van der Waals surface area (Å²) in [5.74, 6) is 0.453. The zero-order chi connectivity index (χ0) is 14.4. The van der Waals surface area contributed by atoms with Gasteiger partial charge in [0.25, 0.3) is 0 Å². The SMILES string of the molecule is Nc1cc2c(ncn2C2C=C(CO)C(O)C2O)c(N)n1. The van der Waals surface area contributed by atoms with Crippen LogP contribution in [0.4, 0.5) is 11.6 Å². The molecule has 3 atom stereocenters. The van der Waals surface area contributed by atoms with Crippen LogP contribution < -0.4 is 11.5 Å². The van der Waals surface area contributed by atoms with E-state index in [9.17, 15) is 10.2 Å². The van der Waals surface area contributed by atoms with Crippen molar-refractivity contribution in [1.82, 2.24) is 14.5 Å². The van der Waals surface area contributed by atoms with Crippen molar-refractivity contribution in [3.8, 4) is 0 Å². The number of hydrogen-bond acceptors (Lipinski definition) is 7. The Bertz CT molecular complexity index is 696. The van der Waals surface area contributed by atoms with Crippen molar-refractivity contribution in [1.29, 1.82) is 0 Å². The van der Waals surface area contributed by atoms with Crippen LogP contribution in [0.1, 0.15) is 6.04 Å². The number of anilines is 2. The first kappa shape index (κ1) is 12.9. The van der Waals surface area contributed by atoms with E-state index in [1.807, 2.05) is 0 Å². The number of pyridine rings is 1. The second-order valence-electron chi connectivity index (χ2n) is 4.78. The van der Waals surface area contributed by atoms with Gasteiger partial charge in [-0.15, -0.1) is 0 Å². The van der Waals surface area contributed by atoms with Gasteiger partial charge in [0.1, 0.15) is 23.5 Å². The normalized spacial score (nSPS) is 26.1. The van der Waals surface area contributed by atoms with Crippen molar-refractivity contribution >= 4 is 22.7 Å². The van der Waals surface area contributed by atoms with E-state index < -0.39 is 18.2 Å². The molecule has 2 aromatic heterocycles. The standard InChI is InChI=1S/C12H15N5O3/c13-8-2-6-9(12(14)16-8)15-4-17(6)7-1-5(3-18)10(19)11(7)20/h1-2,4,7,10-11,18-20H,3H2,(H4,13,14,16). The van der Waals surface area contributed by atoms with Gasteiger partial charge in [0, 0.05) is 6.07 Å². The third-order valence-electron chi connectivity index (χ3n) is 3.55. The number of nitrogen functional groups attached to an aromatic ring is 2. The lowest BCUT2D eigenvalue weighted by molar-refractivity contribution is 0.0288. The quantitative estimate of drug-likeness (QED) is 0.433. The molecule has 0 fully saturated rings. The smallest absolute Gasteiger partial charge is 0.154 e. The minimum Gasteiger partial charge on any atom is -0.392 e. The van der Waals surface area contributed by atoms with Gasteiger partial charge in [0.15, 0.2) is 5.82 Å². The molecule has 0 spiro atoms. The molecule has 0 aliphatic heterocycles. The molecule has 0 amide bonds. The molecule has 1 aliphatic rings. The summed E-state index contributed by atoms with van der Waals surface area (Å²) < 4.78 is 1.65. The summed E-state index contributed by atoms with van der Waals surface area (Å²) in [6.07, 6.45) is 0.951. The Kier molecular flexibility index (Phi) is 2.85. The van der Waals surface area contributed by atoms with E-state index in [1.165, 1.54) is 6.33 Å². The molecule has 2 heterocycles. The summed E-state index contributed by atoms with van der Waals surface area (Å²) >= 11 is 0. The third kappa shape index (κ3) is 1.73. The Morgan fingerprint density at radius 1 is 1.30 bits per heavy atom. The van der Waals surface area contributed by atoms with E-state index in [1.54, 1.807) is 16.7 Å². The van der Waals surface area contributed by atoms with Gasteiger partial charge in [-0.25, -0.2) is 9.97 Å². The van der Waals surface area contributed by atoms with Crippen molar-refractivity contribution in [3.63, 3.8) is 0 Å². The van der Waals surface area contributed by atoms with Crippen LogP contribution in [-0.4, -0.2) is 48.7 Å². The first-order chi connectivity index (χ1) is 9.52. The fraction of sp³-hybridized carbons (Fsp3) is 0.333. The average Bonchev–Trinajstić information content (AvgIpc) is 2.93. The van der Waals surface area contributed by atoms with E-state index in [2.05, 4.69) is 9.97 Å². The highest BCUT2D eigenvalue weighted by molar-refractivity contribution is 5.87. The summed E-state index contributed by atoms with van der Waals surface area (Å²) in [6, 6.07) is 1.06. The Balaban J connectivity index is 2.14. The highest BCUT2D eigenvalue weighted by Crippen LogP contribution is 2.32. The van der Waals surface area contributed by atoms with Crippen LogP contribution in [0.15, 0.2) is 24.0 Å². The molecule has 106 valence electrons. The average molecular weight is 277 g/mol. The fourth-order valence-electron chi connectivity index (χ4n) is 2.53.